The van der Waals surface area contributed by atoms with Crippen molar-refractivity contribution in [2.24, 2.45) is 5.92 Å². The molecule has 2 aliphatic rings. The summed E-state index contributed by atoms with van der Waals surface area (Å²) in [6, 6.07) is 0.647. The fraction of sp³-hybridized carbons (Fsp3) is 1.00. The number of likely N-dealkylation sites (N-methyl/N-ethyl adjacent to an activating group) is 1. The van der Waals surface area contributed by atoms with Crippen LogP contribution in [0.1, 0.15) is 20.3 Å². The predicted octanol–water partition coefficient (Wildman–Crippen LogP) is 1.09. The highest BCUT2D eigenvalue weighted by Crippen LogP contribution is 2.36. The molecule has 0 radical (unpaired) electrons. The Morgan fingerprint density at radius 2 is 1.85 bits per heavy atom. The molecule has 2 unspecified atom stereocenters. The van der Waals surface area contributed by atoms with Gasteiger partial charge in [-0.05, 0) is 20.4 Å². The van der Waals surface area contributed by atoms with Crippen molar-refractivity contribution >= 4 is 0 Å². The van der Waals surface area contributed by atoms with Gasteiger partial charge in [0.15, 0.2) is 5.79 Å². The second-order valence-corrected chi connectivity index (χ2v) is 4.41. The van der Waals surface area contributed by atoms with Crippen molar-refractivity contribution in [3.8, 4) is 0 Å². The van der Waals surface area contributed by atoms with Crippen LogP contribution in [0.5, 0.6) is 0 Å². The molecule has 13 heavy (non-hydrogen) atoms. The van der Waals surface area contributed by atoms with E-state index in [1.165, 1.54) is 0 Å². The lowest BCUT2D eigenvalue weighted by atomic mass is 9.88. The summed E-state index contributed by atoms with van der Waals surface area (Å²) in [7, 11) is 2.14. The Hall–Kier alpha value is -0.120. The van der Waals surface area contributed by atoms with Gasteiger partial charge >= 0.3 is 0 Å². The van der Waals surface area contributed by atoms with Crippen LogP contribution in [-0.4, -0.2) is 43.5 Å². The molecule has 3 nitrogen and oxygen atoms in total. The van der Waals surface area contributed by atoms with E-state index in [2.05, 4.69) is 25.8 Å². The second kappa shape index (κ2) is 3.23. The highest BCUT2D eigenvalue weighted by molar-refractivity contribution is 4.90. The number of likely N-dealkylation sites (tertiary alicyclic amines) is 1. The molecule has 0 bridgehead atoms. The van der Waals surface area contributed by atoms with Crippen molar-refractivity contribution in [2.45, 2.75) is 32.1 Å². The summed E-state index contributed by atoms with van der Waals surface area (Å²) in [5.41, 5.74) is 0. The number of ether oxygens (including phenoxy) is 2. The maximum Gasteiger partial charge on any atom is 0.183 e. The van der Waals surface area contributed by atoms with Crippen molar-refractivity contribution in [3.05, 3.63) is 0 Å². The fourth-order valence-electron chi connectivity index (χ4n) is 2.38. The molecule has 2 rings (SSSR count). The van der Waals surface area contributed by atoms with Crippen LogP contribution in [-0.2, 0) is 9.47 Å². The molecule has 2 heterocycles. The van der Waals surface area contributed by atoms with Gasteiger partial charge in [-0.2, -0.15) is 0 Å². The summed E-state index contributed by atoms with van der Waals surface area (Å²) in [5.74, 6) is 0.225. The maximum atomic E-state index is 5.75. The molecule has 1 spiro atoms. The van der Waals surface area contributed by atoms with Crippen LogP contribution < -0.4 is 0 Å². The first-order valence-electron chi connectivity index (χ1n) is 5.12. The zero-order valence-corrected chi connectivity index (χ0v) is 8.75. The van der Waals surface area contributed by atoms with Gasteiger partial charge in [0, 0.05) is 12.0 Å². The highest BCUT2D eigenvalue weighted by Gasteiger charge is 2.47. The van der Waals surface area contributed by atoms with Crippen molar-refractivity contribution in [1.29, 1.82) is 0 Å². The van der Waals surface area contributed by atoms with Crippen molar-refractivity contribution < 1.29 is 9.47 Å². The average molecular weight is 185 g/mol. The summed E-state index contributed by atoms with van der Waals surface area (Å²) in [5, 5.41) is 0. The zero-order valence-electron chi connectivity index (χ0n) is 8.75. The molecule has 0 aromatic rings. The summed E-state index contributed by atoms with van der Waals surface area (Å²) >= 11 is 0. The van der Waals surface area contributed by atoms with Gasteiger partial charge in [-0.1, -0.05) is 6.92 Å². The van der Waals surface area contributed by atoms with E-state index in [9.17, 15) is 0 Å². The Balaban J connectivity index is 2.11. The minimum atomic E-state index is -0.290. The molecule has 2 saturated heterocycles. The Morgan fingerprint density at radius 3 is 2.46 bits per heavy atom. The van der Waals surface area contributed by atoms with Crippen LogP contribution in [0.15, 0.2) is 0 Å². The van der Waals surface area contributed by atoms with Crippen LogP contribution in [0, 0.1) is 5.92 Å². The predicted molar refractivity (Wildman–Crippen MR) is 50.5 cm³/mol. The van der Waals surface area contributed by atoms with Gasteiger partial charge < -0.3 is 9.47 Å². The van der Waals surface area contributed by atoms with Crippen LogP contribution in [0.3, 0.4) is 0 Å². The molecular formula is C10H19NO2. The van der Waals surface area contributed by atoms with E-state index in [0.29, 0.717) is 12.0 Å². The van der Waals surface area contributed by atoms with E-state index in [-0.39, 0.29) is 5.79 Å². The third-order valence-corrected chi connectivity index (χ3v) is 3.44. The molecular weight excluding hydrogens is 166 g/mol. The third-order valence-electron chi connectivity index (χ3n) is 3.44. The lowest BCUT2D eigenvalue weighted by Crippen LogP contribution is -2.55. The monoisotopic (exact) mass is 185 g/mol. The molecule has 0 aliphatic carbocycles. The van der Waals surface area contributed by atoms with Crippen molar-refractivity contribution in [2.75, 3.05) is 26.8 Å². The molecule has 2 fully saturated rings. The van der Waals surface area contributed by atoms with Crippen molar-refractivity contribution in [1.82, 2.24) is 4.90 Å². The van der Waals surface area contributed by atoms with Gasteiger partial charge in [-0.15, -0.1) is 0 Å². The largest absolute Gasteiger partial charge is 0.346 e. The van der Waals surface area contributed by atoms with Gasteiger partial charge in [-0.3, -0.25) is 4.90 Å². The van der Waals surface area contributed by atoms with Crippen LogP contribution >= 0.6 is 0 Å². The summed E-state index contributed by atoms with van der Waals surface area (Å²) in [6.07, 6.45) is 1.16. The second-order valence-electron chi connectivity index (χ2n) is 4.41. The first kappa shape index (κ1) is 9.44. The molecule has 2 atom stereocenters. The average Bonchev–Trinajstić information content (AvgIpc) is 2.51. The Morgan fingerprint density at radius 1 is 1.23 bits per heavy atom. The third kappa shape index (κ3) is 1.49. The highest BCUT2D eigenvalue weighted by atomic mass is 16.7. The number of piperidine rings is 1. The van der Waals surface area contributed by atoms with Gasteiger partial charge in [0.05, 0.1) is 19.8 Å². The molecule has 3 heteroatoms. The van der Waals surface area contributed by atoms with E-state index < -0.39 is 0 Å². The number of hydrogen-bond donors (Lipinski definition) is 0. The smallest absolute Gasteiger partial charge is 0.183 e. The molecule has 0 amide bonds. The number of rotatable bonds is 0. The van der Waals surface area contributed by atoms with Crippen LogP contribution in [0.2, 0.25) is 0 Å². The number of hydrogen-bond acceptors (Lipinski definition) is 3. The number of nitrogens with zero attached hydrogens (tertiary/aromatic N) is 1. The van der Waals surface area contributed by atoms with E-state index in [1.807, 2.05) is 0 Å². The molecule has 0 saturated carbocycles. The van der Waals surface area contributed by atoms with Gasteiger partial charge in [-0.25, -0.2) is 0 Å². The van der Waals surface area contributed by atoms with E-state index in [4.69, 9.17) is 9.47 Å². The Labute approximate surface area is 80.0 Å². The first-order chi connectivity index (χ1) is 6.14. The van der Waals surface area contributed by atoms with Gasteiger partial charge in [0.1, 0.15) is 0 Å². The normalized spacial score (nSPS) is 39.9. The molecule has 0 N–H and O–H groups in total. The van der Waals surface area contributed by atoms with Gasteiger partial charge in [0.25, 0.3) is 0 Å². The minimum absolute atomic E-state index is 0.290. The van der Waals surface area contributed by atoms with Gasteiger partial charge in [0.2, 0.25) is 0 Å². The summed E-state index contributed by atoms with van der Waals surface area (Å²) in [6.45, 7) is 6.92. The summed E-state index contributed by atoms with van der Waals surface area (Å²) < 4.78 is 11.5. The van der Waals surface area contributed by atoms with E-state index in [0.717, 1.165) is 26.2 Å². The molecule has 0 aromatic heterocycles. The lowest BCUT2D eigenvalue weighted by Gasteiger charge is -2.45. The molecule has 0 aromatic carbocycles. The standard InChI is InChI=1S/C10H19NO2/c1-8-6-9(2)11(3)7-10(8)12-4-5-13-10/h8-9H,4-7H2,1-3H3. The topological polar surface area (TPSA) is 21.7 Å². The first-order valence-corrected chi connectivity index (χ1v) is 5.12. The van der Waals surface area contributed by atoms with E-state index >= 15 is 0 Å². The summed E-state index contributed by atoms with van der Waals surface area (Å²) in [4.78, 5) is 2.32. The van der Waals surface area contributed by atoms with Crippen molar-refractivity contribution in [3.63, 3.8) is 0 Å². The lowest BCUT2D eigenvalue weighted by molar-refractivity contribution is -0.224. The minimum Gasteiger partial charge on any atom is -0.346 e. The van der Waals surface area contributed by atoms with Crippen LogP contribution in [0.4, 0.5) is 0 Å². The van der Waals surface area contributed by atoms with Crippen LogP contribution in [0.25, 0.3) is 0 Å². The fourth-order valence-corrected chi connectivity index (χ4v) is 2.38. The molecule has 76 valence electrons. The quantitative estimate of drug-likeness (QED) is 0.564. The zero-order chi connectivity index (χ0) is 9.47. The van der Waals surface area contributed by atoms with E-state index in [1.54, 1.807) is 0 Å². The SMILES string of the molecule is CC1CC(C)C2(CN1C)OCCO2. The maximum absolute atomic E-state index is 5.75. The molecule has 2 aliphatic heterocycles. The Bertz CT molecular complexity index is 189. The Kier molecular flexibility index (Phi) is 2.34.